The highest BCUT2D eigenvalue weighted by Crippen LogP contribution is 2.47. The van der Waals surface area contributed by atoms with Crippen LogP contribution in [0.4, 0.5) is 5.69 Å². The van der Waals surface area contributed by atoms with Gasteiger partial charge in [0.1, 0.15) is 0 Å². The number of amides is 2. The smallest absolute Gasteiger partial charge is 0.266 e. The number of rotatable bonds is 4. The van der Waals surface area contributed by atoms with Crippen molar-refractivity contribution < 1.29 is 9.59 Å². The molecular formula is C51H37NO2. The van der Waals surface area contributed by atoms with Crippen molar-refractivity contribution in [1.82, 2.24) is 0 Å². The molecule has 258 valence electrons. The monoisotopic (exact) mass is 695 g/mol. The molecule has 1 aliphatic heterocycles. The van der Waals surface area contributed by atoms with E-state index < -0.39 is 0 Å². The maximum Gasteiger partial charge on any atom is 0.266 e. The van der Waals surface area contributed by atoms with E-state index in [4.69, 9.17) is 0 Å². The van der Waals surface area contributed by atoms with Gasteiger partial charge in [-0.2, -0.15) is 0 Å². The van der Waals surface area contributed by atoms with E-state index in [2.05, 4.69) is 118 Å². The highest BCUT2D eigenvalue weighted by molar-refractivity contribution is 6.42. The SMILES string of the molecule is CC#Cc1ccc(C#Cc2ccc(-c3ccc4c5ccc6c7c(ccc(c8cccc3c84)c75)C(=O)N(c3c(C(C)C)cccc3C(C)C)C6=O)cc2)cc1. The number of hydrogen-bond acceptors (Lipinski definition) is 2. The van der Waals surface area contributed by atoms with Gasteiger partial charge >= 0.3 is 0 Å². The number of fused-ring (bicyclic) bond motifs is 2. The summed E-state index contributed by atoms with van der Waals surface area (Å²) in [6.07, 6.45) is 0. The van der Waals surface area contributed by atoms with Crippen LogP contribution < -0.4 is 4.90 Å². The van der Waals surface area contributed by atoms with Crippen molar-refractivity contribution in [3.8, 4) is 34.8 Å². The third-order valence-electron chi connectivity index (χ3n) is 10.9. The average Bonchev–Trinajstić information content (AvgIpc) is 3.19. The number of carbonyl (C=O) groups excluding carboxylic acids is 2. The zero-order chi connectivity index (χ0) is 37.2. The van der Waals surface area contributed by atoms with Gasteiger partial charge in [0.05, 0.1) is 5.69 Å². The lowest BCUT2D eigenvalue weighted by molar-refractivity contribution is 0.0893. The van der Waals surface area contributed by atoms with Crippen LogP contribution in [-0.2, 0) is 0 Å². The minimum absolute atomic E-state index is 0.139. The largest absolute Gasteiger partial charge is 0.268 e. The van der Waals surface area contributed by atoms with Crippen LogP contribution in [0.1, 0.15) is 95.0 Å². The lowest BCUT2D eigenvalue weighted by atomic mass is 9.83. The minimum Gasteiger partial charge on any atom is -0.268 e. The Morgan fingerprint density at radius 3 is 1.43 bits per heavy atom. The molecule has 0 aliphatic carbocycles. The van der Waals surface area contributed by atoms with Crippen molar-refractivity contribution in [3.63, 3.8) is 0 Å². The van der Waals surface area contributed by atoms with Gasteiger partial charge in [0.2, 0.25) is 0 Å². The zero-order valence-corrected chi connectivity index (χ0v) is 31.0. The Bertz CT molecular complexity index is 2880. The highest BCUT2D eigenvalue weighted by atomic mass is 16.2. The number of anilines is 1. The fourth-order valence-corrected chi connectivity index (χ4v) is 8.37. The Kier molecular flexibility index (Phi) is 7.84. The van der Waals surface area contributed by atoms with Crippen molar-refractivity contribution in [2.45, 2.75) is 46.5 Å². The average molecular weight is 696 g/mol. The van der Waals surface area contributed by atoms with Crippen LogP contribution >= 0.6 is 0 Å². The molecule has 0 saturated carbocycles. The summed E-state index contributed by atoms with van der Waals surface area (Å²) in [7, 11) is 0. The molecule has 3 nitrogen and oxygen atoms in total. The third kappa shape index (κ3) is 5.08. The number of imide groups is 1. The maximum absolute atomic E-state index is 14.6. The zero-order valence-electron chi connectivity index (χ0n) is 31.0. The Morgan fingerprint density at radius 2 is 0.889 bits per heavy atom. The first-order chi connectivity index (χ1) is 26.2. The first kappa shape index (κ1) is 33.2. The van der Waals surface area contributed by atoms with Gasteiger partial charge in [-0.1, -0.05) is 118 Å². The van der Waals surface area contributed by atoms with E-state index in [-0.39, 0.29) is 23.7 Å². The Labute approximate surface area is 315 Å². The molecule has 0 aromatic heterocycles. The standard InChI is InChI=1S/C51H37NO2/c1-6-9-32-14-16-33(17-15-32)18-19-34-20-22-35(23-21-34)38-24-25-41-43-27-29-45-48-44(28-26-42(47(43)48)40-13-8-12-39(38)46(40)41)50(53)52(51(45)54)49-36(30(2)3)10-7-11-37(49)31(4)5/h7-8,10-17,20-31H,1-5H3. The summed E-state index contributed by atoms with van der Waals surface area (Å²) in [5.41, 5.74) is 9.00. The lowest BCUT2D eigenvalue weighted by Gasteiger charge is -2.32. The molecule has 0 unspecified atom stereocenters. The van der Waals surface area contributed by atoms with E-state index in [1.807, 2.05) is 61.5 Å². The van der Waals surface area contributed by atoms with Crippen LogP contribution in [0.2, 0.25) is 0 Å². The van der Waals surface area contributed by atoms with Gasteiger partial charge in [-0.3, -0.25) is 9.59 Å². The molecule has 0 spiro atoms. The molecule has 9 rings (SSSR count). The van der Waals surface area contributed by atoms with Crippen molar-refractivity contribution in [3.05, 3.63) is 160 Å². The van der Waals surface area contributed by atoms with Crippen LogP contribution in [0.25, 0.3) is 54.2 Å². The van der Waals surface area contributed by atoms with Gasteiger partial charge < -0.3 is 0 Å². The summed E-state index contributed by atoms with van der Waals surface area (Å²) in [6, 6.07) is 41.4. The predicted molar refractivity (Wildman–Crippen MR) is 224 cm³/mol. The number of carbonyl (C=O) groups is 2. The Morgan fingerprint density at radius 1 is 0.444 bits per heavy atom. The maximum atomic E-state index is 14.6. The Hall–Kier alpha value is -6.68. The second-order valence-electron chi connectivity index (χ2n) is 14.8. The van der Waals surface area contributed by atoms with Crippen LogP contribution in [0.3, 0.4) is 0 Å². The second-order valence-corrected chi connectivity index (χ2v) is 14.8. The van der Waals surface area contributed by atoms with Crippen LogP contribution in [0.15, 0.2) is 121 Å². The van der Waals surface area contributed by atoms with Gasteiger partial charge in [0.25, 0.3) is 11.8 Å². The molecule has 0 saturated heterocycles. The number of para-hydroxylation sites is 1. The summed E-state index contributed by atoms with van der Waals surface area (Å²) in [5, 5.41) is 8.34. The van der Waals surface area contributed by atoms with Gasteiger partial charge in [0, 0.05) is 33.2 Å². The molecule has 2 amide bonds. The molecular weight excluding hydrogens is 659 g/mol. The predicted octanol–water partition coefficient (Wildman–Crippen LogP) is 12.2. The Balaban J connectivity index is 1.16. The second kappa shape index (κ2) is 12.8. The molecule has 8 aromatic rings. The molecule has 0 bridgehead atoms. The van der Waals surface area contributed by atoms with Crippen molar-refractivity contribution in [1.29, 1.82) is 0 Å². The topological polar surface area (TPSA) is 37.4 Å². The van der Waals surface area contributed by atoms with Gasteiger partial charge in [0.15, 0.2) is 0 Å². The fraction of sp³-hybridized carbons (Fsp3) is 0.137. The van der Waals surface area contributed by atoms with Gasteiger partial charge in [-0.25, -0.2) is 4.90 Å². The van der Waals surface area contributed by atoms with Crippen molar-refractivity contribution in [2.75, 3.05) is 4.90 Å². The first-order valence-corrected chi connectivity index (χ1v) is 18.6. The van der Waals surface area contributed by atoms with E-state index >= 15 is 0 Å². The molecule has 0 atom stereocenters. The summed E-state index contributed by atoms with van der Waals surface area (Å²) in [4.78, 5) is 30.6. The number of hydrogen-bond donors (Lipinski definition) is 0. The molecule has 3 heteroatoms. The van der Waals surface area contributed by atoms with Crippen LogP contribution in [0.5, 0.6) is 0 Å². The van der Waals surface area contributed by atoms with Gasteiger partial charge in [-0.15, -0.1) is 5.92 Å². The van der Waals surface area contributed by atoms with Crippen molar-refractivity contribution in [2.24, 2.45) is 0 Å². The summed E-state index contributed by atoms with van der Waals surface area (Å²) in [6.45, 7) is 10.3. The van der Waals surface area contributed by atoms with E-state index in [0.717, 1.165) is 82.3 Å². The first-order valence-electron chi connectivity index (χ1n) is 18.6. The number of nitrogens with zero attached hydrogens (tertiary/aromatic N) is 1. The fourth-order valence-electron chi connectivity index (χ4n) is 8.37. The molecule has 0 radical (unpaired) electrons. The lowest BCUT2D eigenvalue weighted by Crippen LogP contribution is -2.41. The molecule has 0 N–H and O–H groups in total. The molecule has 54 heavy (non-hydrogen) atoms. The molecule has 1 heterocycles. The van der Waals surface area contributed by atoms with Crippen LogP contribution in [-0.4, -0.2) is 11.8 Å². The summed E-state index contributed by atoms with van der Waals surface area (Å²) in [5.74, 6) is 12.3. The number of benzene rings is 8. The van der Waals surface area contributed by atoms with E-state index in [1.165, 1.54) is 10.3 Å². The normalized spacial score (nSPS) is 12.6. The van der Waals surface area contributed by atoms with E-state index in [1.54, 1.807) is 0 Å². The van der Waals surface area contributed by atoms with Crippen molar-refractivity contribution >= 4 is 60.6 Å². The van der Waals surface area contributed by atoms with E-state index in [9.17, 15) is 9.59 Å². The van der Waals surface area contributed by atoms with Gasteiger partial charge in [-0.05, 0) is 127 Å². The molecule has 1 aliphatic rings. The van der Waals surface area contributed by atoms with Crippen LogP contribution in [0, 0.1) is 23.7 Å². The third-order valence-corrected chi connectivity index (χ3v) is 10.9. The summed E-state index contributed by atoms with van der Waals surface area (Å²) >= 11 is 0. The minimum atomic E-state index is -0.265. The quantitative estimate of drug-likeness (QED) is 0.0795. The summed E-state index contributed by atoms with van der Waals surface area (Å²) < 4.78 is 0. The highest BCUT2D eigenvalue weighted by Gasteiger charge is 2.38. The molecule has 8 aromatic carbocycles. The molecule has 0 fully saturated rings. The van der Waals surface area contributed by atoms with E-state index in [0.29, 0.717) is 11.1 Å².